The minimum Gasteiger partial charge on any atom is -0.478 e. The summed E-state index contributed by atoms with van der Waals surface area (Å²) in [7, 11) is 0. The Labute approximate surface area is 138 Å². The standard InChI is InChI=1S/C18H27NO4/c1-17(2,3)11-19-15(20)13-7-12(10-23-18(4,5)6)8-14(9-13)16(21)22/h7-9H,10-11H2,1-6H3,(H,19,20)(H,21,22). The molecule has 0 saturated heterocycles. The van der Waals surface area contributed by atoms with Gasteiger partial charge >= 0.3 is 5.97 Å². The predicted molar refractivity (Wildman–Crippen MR) is 89.7 cm³/mol. The zero-order chi connectivity index (χ0) is 17.8. The lowest BCUT2D eigenvalue weighted by Gasteiger charge is -2.20. The fourth-order valence-electron chi connectivity index (χ4n) is 1.78. The predicted octanol–water partition coefficient (Wildman–Crippen LogP) is 3.48. The molecule has 5 heteroatoms. The van der Waals surface area contributed by atoms with E-state index in [1.54, 1.807) is 6.07 Å². The number of carboxylic acid groups (broad SMARTS) is 1. The Bertz CT molecular complexity index is 580. The van der Waals surface area contributed by atoms with Crippen molar-refractivity contribution in [2.45, 2.75) is 53.8 Å². The molecule has 0 aliphatic carbocycles. The van der Waals surface area contributed by atoms with Crippen LogP contribution in [-0.4, -0.2) is 29.1 Å². The largest absolute Gasteiger partial charge is 0.478 e. The molecule has 0 aliphatic heterocycles. The van der Waals surface area contributed by atoms with Crippen molar-refractivity contribution in [1.29, 1.82) is 0 Å². The Balaban J connectivity index is 2.99. The number of nitrogens with one attached hydrogen (secondary N) is 1. The zero-order valence-electron chi connectivity index (χ0n) is 14.8. The second-order valence-corrected chi connectivity index (χ2v) is 7.87. The smallest absolute Gasteiger partial charge is 0.335 e. The van der Waals surface area contributed by atoms with E-state index < -0.39 is 5.97 Å². The number of aromatic carboxylic acids is 1. The van der Waals surface area contributed by atoms with E-state index in [0.29, 0.717) is 17.7 Å². The summed E-state index contributed by atoms with van der Waals surface area (Å²) in [6.07, 6.45) is 0. The molecule has 0 bridgehead atoms. The van der Waals surface area contributed by atoms with Crippen molar-refractivity contribution < 1.29 is 19.4 Å². The third-order valence-corrected chi connectivity index (χ3v) is 2.95. The van der Waals surface area contributed by atoms with Crippen molar-refractivity contribution in [3.8, 4) is 0 Å². The fourth-order valence-corrected chi connectivity index (χ4v) is 1.78. The maximum atomic E-state index is 12.3. The number of rotatable bonds is 5. The van der Waals surface area contributed by atoms with Gasteiger partial charge in [-0.2, -0.15) is 0 Å². The SMILES string of the molecule is CC(C)(C)CNC(=O)c1cc(COC(C)(C)C)cc(C(=O)O)c1. The molecule has 5 nitrogen and oxygen atoms in total. The molecule has 1 amide bonds. The van der Waals surface area contributed by atoms with Crippen LogP contribution < -0.4 is 5.32 Å². The maximum Gasteiger partial charge on any atom is 0.335 e. The zero-order valence-corrected chi connectivity index (χ0v) is 14.8. The van der Waals surface area contributed by atoms with Crippen LogP contribution in [0.25, 0.3) is 0 Å². The molecule has 1 aromatic rings. The number of amides is 1. The second-order valence-electron chi connectivity index (χ2n) is 7.87. The highest BCUT2D eigenvalue weighted by atomic mass is 16.5. The van der Waals surface area contributed by atoms with Crippen molar-refractivity contribution in [1.82, 2.24) is 5.32 Å². The third-order valence-electron chi connectivity index (χ3n) is 2.95. The first-order valence-electron chi connectivity index (χ1n) is 7.67. The first-order chi connectivity index (χ1) is 10.4. The summed E-state index contributed by atoms with van der Waals surface area (Å²) < 4.78 is 5.67. The fraction of sp³-hybridized carbons (Fsp3) is 0.556. The van der Waals surface area contributed by atoms with E-state index in [2.05, 4.69) is 5.32 Å². The first-order valence-corrected chi connectivity index (χ1v) is 7.67. The monoisotopic (exact) mass is 321 g/mol. The lowest BCUT2D eigenvalue weighted by Crippen LogP contribution is -2.32. The molecule has 0 heterocycles. The van der Waals surface area contributed by atoms with Gasteiger partial charge in [0.05, 0.1) is 17.8 Å². The summed E-state index contributed by atoms with van der Waals surface area (Å²) in [5.41, 5.74) is 0.704. The highest BCUT2D eigenvalue weighted by Crippen LogP contribution is 2.17. The number of hydrogen-bond donors (Lipinski definition) is 2. The van der Waals surface area contributed by atoms with E-state index in [1.165, 1.54) is 12.1 Å². The molecule has 23 heavy (non-hydrogen) atoms. The molecule has 2 N–H and O–H groups in total. The molecule has 0 unspecified atom stereocenters. The van der Waals surface area contributed by atoms with Crippen LogP contribution in [0.1, 0.15) is 67.8 Å². The number of benzene rings is 1. The van der Waals surface area contributed by atoms with Crippen LogP contribution in [0.5, 0.6) is 0 Å². The second kappa shape index (κ2) is 7.13. The highest BCUT2D eigenvalue weighted by Gasteiger charge is 2.17. The normalized spacial score (nSPS) is 12.1. The minimum atomic E-state index is -1.06. The van der Waals surface area contributed by atoms with Crippen molar-refractivity contribution in [3.05, 3.63) is 34.9 Å². The molecule has 1 aromatic carbocycles. The molecule has 0 saturated carbocycles. The molecule has 128 valence electrons. The first kappa shape index (κ1) is 19.2. The average molecular weight is 321 g/mol. The molecule has 0 aliphatic rings. The molecule has 0 radical (unpaired) electrons. The van der Waals surface area contributed by atoms with Crippen molar-refractivity contribution in [2.24, 2.45) is 5.41 Å². The van der Waals surface area contributed by atoms with Crippen LogP contribution in [0.4, 0.5) is 0 Å². The number of hydrogen-bond acceptors (Lipinski definition) is 3. The quantitative estimate of drug-likeness (QED) is 0.870. The van der Waals surface area contributed by atoms with Crippen molar-refractivity contribution >= 4 is 11.9 Å². The third kappa shape index (κ3) is 7.28. The van der Waals surface area contributed by atoms with Gasteiger partial charge in [-0.25, -0.2) is 4.79 Å². The number of carbonyl (C=O) groups is 2. The molecular formula is C18H27NO4. The maximum absolute atomic E-state index is 12.3. The van der Waals surface area contributed by atoms with Gasteiger partial charge in [0, 0.05) is 12.1 Å². The van der Waals surface area contributed by atoms with E-state index in [1.807, 2.05) is 41.5 Å². The summed E-state index contributed by atoms with van der Waals surface area (Å²) in [5.74, 6) is -1.34. The Hall–Kier alpha value is -1.88. The summed E-state index contributed by atoms with van der Waals surface area (Å²) in [4.78, 5) is 23.5. The molecular weight excluding hydrogens is 294 g/mol. The Morgan fingerprint density at radius 3 is 2.09 bits per heavy atom. The Morgan fingerprint density at radius 1 is 1.04 bits per heavy atom. The van der Waals surface area contributed by atoms with Gasteiger partial charge in [0.2, 0.25) is 0 Å². The lowest BCUT2D eigenvalue weighted by molar-refractivity contribution is -0.0149. The molecule has 0 fully saturated rings. The van der Waals surface area contributed by atoms with Gasteiger partial charge < -0.3 is 15.2 Å². The molecule has 0 spiro atoms. The molecule has 1 rings (SSSR count). The molecule has 0 atom stereocenters. The van der Waals surface area contributed by atoms with Gasteiger partial charge in [0.1, 0.15) is 0 Å². The summed E-state index contributed by atoms with van der Waals surface area (Å²) in [6.45, 7) is 12.6. The Morgan fingerprint density at radius 2 is 1.61 bits per heavy atom. The van der Waals surface area contributed by atoms with Crippen LogP contribution in [0.3, 0.4) is 0 Å². The van der Waals surface area contributed by atoms with Gasteiger partial charge in [-0.3, -0.25) is 4.79 Å². The highest BCUT2D eigenvalue weighted by molar-refractivity contribution is 5.97. The van der Waals surface area contributed by atoms with Crippen LogP contribution in [0, 0.1) is 5.41 Å². The topological polar surface area (TPSA) is 75.6 Å². The van der Waals surface area contributed by atoms with Crippen molar-refractivity contribution in [2.75, 3.05) is 6.54 Å². The van der Waals surface area contributed by atoms with Crippen molar-refractivity contribution in [3.63, 3.8) is 0 Å². The summed E-state index contributed by atoms with van der Waals surface area (Å²) >= 11 is 0. The van der Waals surface area contributed by atoms with Crippen LogP contribution in [0.15, 0.2) is 18.2 Å². The van der Waals surface area contributed by atoms with Gasteiger partial charge in [-0.15, -0.1) is 0 Å². The number of carboxylic acids is 1. The average Bonchev–Trinajstić information content (AvgIpc) is 2.40. The summed E-state index contributed by atoms with van der Waals surface area (Å²) in [5, 5.41) is 12.1. The van der Waals surface area contributed by atoms with E-state index >= 15 is 0 Å². The van der Waals surface area contributed by atoms with E-state index in [4.69, 9.17) is 4.74 Å². The van der Waals surface area contributed by atoms with Crippen LogP contribution >= 0.6 is 0 Å². The van der Waals surface area contributed by atoms with E-state index in [-0.39, 0.29) is 29.1 Å². The van der Waals surface area contributed by atoms with Gasteiger partial charge in [-0.1, -0.05) is 20.8 Å². The number of ether oxygens (including phenoxy) is 1. The van der Waals surface area contributed by atoms with E-state index in [0.717, 1.165) is 0 Å². The Kier molecular flexibility index (Phi) is 5.94. The van der Waals surface area contributed by atoms with Crippen LogP contribution in [-0.2, 0) is 11.3 Å². The number of carbonyl (C=O) groups excluding carboxylic acids is 1. The minimum absolute atomic E-state index is 0.0434. The van der Waals surface area contributed by atoms with Gasteiger partial charge in [0.15, 0.2) is 0 Å². The van der Waals surface area contributed by atoms with E-state index in [9.17, 15) is 14.7 Å². The van der Waals surface area contributed by atoms with Crippen LogP contribution in [0.2, 0.25) is 0 Å². The lowest BCUT2D eigenvalue weighted by atomic mass is 9.96. The summed E-state index contributed by atoms with van der Waals surface area (Å²) in [6, 6.07) is 4.60. The molecule has 0 aromatic heterocycles. The van der Waals surface area contributed by atoms with Gasteiger partial charge in [0.25, 0.3) is 5.91 Å². The van der Waals surface area contributed by atoms with Gasteiger partial charge in [-0.05, 0) is 49.9 Å².